The van der Waals surface area contributed by atoms with E-state index < -0.39 is 18.4 Å². The zero-order valence-corrected chi connectivity index (χ0v) is 17.1. The molecule has 10 heteroatoms. The first-order chi connectivity index (χ1) is 14.9. The molecule has 162 valence electrons. The number of carboxylic acids is 1. The minimum atomic E-state index is -1.16. The van der Waals surface area contributed by atoms with E-state index in [1.165, 1.54) is 6.20 Å². The first-order valence-corrected chi connectivity index (χ1v) is 9.84. The van der Waals surface area contributed by atoms with Gasteiger partial charge in [0.2, 0.25) is 11.7 Å². The molecule has 2 aromatic heterocycles. The number of carboxylic acid groups (broad SMARTS) is 1. The fourth-order valence-corrected chi connectivity index (χ4v) is 2.91. The molecule has 0 atom stereocenters. The predicted octanol–water partition coefficient (Wildman–Crippen LogP) is 2.46. The minimum Gasteiger partial charge on any atom is -0.480 e. The lowest BCUT2D eigenvalue weighted by molar-refractivity contribution is -0.135. The highest BCUT2D eigenvalue weighted by atomic mass is 16.4. The van der Waals surface area contributed by atoms with Crippen LogP contribution in [0.15, 0.2) is 40.9 Å². The molecule has 3 rings (SSSR count). The fraction of sp³-hybridized carbons (Fsp3) is 0.286. The van der Waals surface area contributed by atoms with Crippen LogP contribution < -0.4 is 10.6 Å². The molecule has 0 aliphatic rings. The summed E-state index contributed by atoms with van der Waals surface area (Å²) in [6.07, 6.45) is 2.92. The summed E-state index contributed by atoms with van der Waals surface area (Å²) in [5.41, 5.74) is 2.26. The highest BCUT2D eigenvalue weighted by Gasteiger charge is 2.17. The maximum Gasteiger partial charge on any atom is 0.322 e. The third-order valence-corrected chi connectivity index (χ3v) is 4.68. The van der Waals surface area contributed by atoms with Crippen LogP contribution in [0.1, 0.15) is 47.7 Å². The maximum atomic E-state index is 12.4. The number of nitrogens with one attached hydrogen (secondary N) is 3. The number of hydrogen-bond acceptors (Lipinski definition) is 6. The molecule has 0 unspecified atom stereocenters. The van der Waals surface area contributed by atoms with Crippen LogP contribution in [0.4, 0.5) is 0 Å². The van der Waals surface area contributed by atoms with Crippen LogP contribution in [0.2, 0.25) is 0 Å². The van der Waals surface area contributed by atoms with Crippen molar-refractivity contribution in [3.8, 4) is 22.7 Å². The Balaban J connectivity index is 1.76. The van der Waals surface area contributed by atoms with Crippen LogP contribution in [0.5, 0.6) is 0 Å². The first kappa shape index (κ1) is 21.8. The lowest BCUT2D eigenvalue weighted by Gasteiger charge is -2.13. The average molecular weight is 425 g/mol. The predicted molar refractivity (Wildman–Crippen MR) is 111 cm³/mol. The zero-order valence-electron chi connectivity index (χ0n) is 17.1. The maximum absolute atomic E-state index is 12.4. The molecular weight excluding hydrogens is 402 g/mol. The van der Waals surface area contributed by atoms with Crippen LogP contribution >= 0.6 is 0 Å². The molecule has 10 nitrogen and oxygen atoms in total. The van der Waals surface area contributed by atoms with E-state index in [2.05, 4.69) is 25.8 Å². The van der Waals surface area contributed by atoms with Gasteiger partial charge in [-0.15, -0.1) is 0 Å². The number of nitrogens with zero attached hydrogens (tertiary/aromatic N) is 2. The molecule has 1 aromatic carbocycles. The lowest BCUT2D eigenvalue weighted by atomic mass is 10.1. The third kappa shape index (κ3) is 5.35. The Morgan fingerprint density at radius 2 is 1.87 bits per heavy atom. The molecule has 0 bridgehead atoms. The number of oxazole rings is 1. The summed E-state index contributed by atoms with van der Waals surface area (Å²) < 4.78 is 5.46. The standard InChI is InChI=1S/C21H23N5O5/c1-3-14(4-2)24-19(29)16-9-15(25-26-16)12-6-5-7-13(8-12)21-23-10-17(31-21)20(30)22-11-18(27)28/h5-10,14H,3-4,11H2,1-2H3,(H,22,30)(H,24,29)(H,25,26)(H,27,28). The van der Waals surface area contributed by atoms with Gasteiger partial charge in [-0.2, -0.15) is 5.10 Å². The number of carbonyl (C=O) groups is 3. The largest absolute Gasteiger partial charge is 0.480 e. The number of amides is 2. The molecule has 4 N–H and O–H groups in total. The van der Waals surface area contributed by atoms with Crippen LogP contribution in [0, 0.1) is 0 Å². The molecule has 3 aromatic rings. The Morgan fingerprint density at radius 3 is 2.58 bits per heavy atom. The molecule has 0 radical (unpaired) electrons. The SMILES string of the molecule is CCC(CC)NC(=O)c1cc(-c2cccc(-c3ncc(C(=O)NCC(=O)O)o3)c2)n[nH]1. The topological polar surface area (TPSA) is 150 Å². The zero-order chi connectivity index (χ0) is 22.4. The summed E-state index contributed by atoms with van der Waals surface area (Å²) >= 11 is 0. The van der Waals surface area contributed by atoms with Crippen LogP contribution in [0.3, 0.4) is 0 Å². The third-order valence-electron chi connectivity index (χ3n) is 4.68. The smallest absolute Gasteiger partial charge is 0.322 e. The van der Waals surface area contributed by atoms with Crippen molar-refractivity contribution < 1.29 is 23.9 Å². The summed E-state index contributed by atoms with van der Waals surface area (Å²) in [6.45, 7) is 3.51. The van der Waals surface area contributed by atoms with Gasteiger partial charge in [0.15, 0.2) is 0 Å². The molecule has 31 heavy (non-hydrogen) atoms. The van der Waals surface area contributed by atoms with Gasteiger partial charge >= 0.3 is 5.97 Å². The summed E-state index contributed by atoms with van der Waals surface area (Å²) in [4.78, 5) is 38.9. The molecular formula is C21H23N5O5. The number of H-pyrrole nitrogens is 1. The van der Waals surface area contributed by atoms with Crippen molar-refractivity contribution in [1.29, 1.82) is 0 Å². The van der Waals surface area contributed by atoms with E-state index in [0.29, 0.717) is 17.0 Å². The molecule has 0 saturated heterocycles. The minimum absolute atomic E-state index is 0.0956. The van der Waals surface area contributed by atoms with Gasteiger partial charge in [0, 0.05) is 17.2 Å². The molecule has 0 fully saturated rings. The number of aromatic amines is 1. The normalized spacial score (nSPS) is 10.8. The number of aromatic nitrogens is 3. The summed E-state index contributed by atoms with van der Waals surface area (Å²) in [5, 5.41) is 20.8. The van der Waals surface area contributed by atoms with E-state index in [-0.39, 0.29) is 23.6 Å². The van der Waals surface area contributed by atoms with Gasteiger partial charge in [-0.25, -0.2) is 4.98 Å². The Labute approximate surface area is 178 Å². The van der Waals surface area contributed by atoms with Crippen LogP contribution in [0.25, 0.3) is 22.7 Å². The van der Waals surface area contributed by atoms with Crippen molar-refractivity contribution in [2.75, 3.05) is 6.54 Å². The first-order valence-electron chi connectivity index (χ1n) is 9.84. The van der Waals surface area contributed by atoms with Gasteiger partial charge in [-0.3, -0.25) is 19.5 Å². The van der Waals surface area contributed by atoms with Crippen molar-refractivity contribution in [1.82, 2.24) is 25.8 Å². The summed E-state index contributed by atoms with van der Waals surface area (Å²) in [7, 11) is 0. The summed E-state index contributed by atoms with van der Waals surface area (Å²) in [6, 6.07) is 8.89. The Bertz CT molecular complexity index is 1080. The van der Waals surface area contributed by atoms with E-state index in [9.17, 15) is 14.4 Å². The molecule has 0 aliphatic heterocycles. The van der Waals surface area contributed by atoms with Crippen molar-refractivity contribution in [3.05, 3.63) is 48.0 Å². The molecule has 2 heterocycles. The van der Waals surface area contributed by atoms with Crippen molar-refractivity contribution >= 4 is 17.8 Å². The van der Waals surface area contributed by atoms with Crippen LogP contribution in [-0.4, -0.2) is 50.7 Å². The highest BCUT2D eigenvalue weighted by molar-refractivity contribution is 5.94. The molecule has 0 spiro atoms. The van der Waals surface area contributed by atoms with Gasteiger partial charge in [-0.1, -0.05) is 26.0 Å². The van der Waals surface area contributed by atoms with Gasteiger partial charge in [-0.05, 0) is 31.0 Å². The second kappa shape index (κ2) is 9.70. The Hall–Kier alpha value is -3.95. The quantitative estimate of drug-likeness (QED) is 0.411. The van der Waals surface area contributed by atoms with Crippen molar-refractivity contribution in [3.63, 3.8) is 0 Å². The van der Waals surface area contributed by atoms with E-state index >= 15 is 0 Å². The van der Waals surface area contributed by atoms with Crippen molar-refractivity contribution in [2.24, 2.45) is 0 Å². The molecule has 0 aliphatic carbocycles. The second-order valence-electron chi connectivity index (χ2n) is 6.84. The van der Waals surface area contributed by atoms with Crippen LogP contribution in [-0.2, 0) is 4.79 Å². The average Bonchev–Trinajstić information content (AvgIpc) is 3.46. The Kier molecular flexibility index (Phi) is 6.81. The highest BCUT2D eigenvalue weighted by Crippen LogP contribution is 2.25. The van der Waals surface area contributed by atoms with E-state index in [1.807, 2.05) is 19.9 Å². The Morgan fingerprint density at radius 1 is 1.13 bits per heavy atom. The number of hydrogen-bond donors (Lipinski definition) is 4. The van der Waals surface area contributed by atoms with E-state index in [4.69, 9.17) is 9.52 Å². The van der Waals surface area contributed by atoms with Gasteiger partial charge in [0.25, 0.3) is 11.8 Å². The molecule has 0 saturated carbocycles. The lowest BCUT2D eigenvalue weighted by Crippen LogP contribution is -2.33. The van der Waals surface area contributed by atoms with Gasteiger partial charge < -0.3 is 20.2 Å². The van der Waals surface area contributed by atoms with E-state index in [1.54, 1.807) is 24.3 Å². The van der Waals surface area contributed by atoms with Gasteiger partial charge in [0.1, 0.15) is 12.2 Å². The summed E-state index contributed by atoms with van der Waals surface area (Å²) in [5.74, 6) is -1.94. The number of carbonyl (C=O) groups excluding carboxylic acids is 2. The fourth-order valence-electron chi connectivity index (χ4n) is 2.91. The second-order valence-corrected chi connectivity index (χ2v) is 6.84. The number of rotatable bonds is 9. The monoisotopic (exact) mass is 425 g/mol. The number of aliphatic carboxylic acids is 1. The van der Waals surface area contributed by atoms with E-state index in [0.717, 1.165) is 18.4 Å². The van der Waals surface area contributed by atoms with Crippen molar-refractivity contribution in [2.45, 2.75) is 32.7 Å². The van der Waals surface area contributed by atoms with Gasteiger partial charge in [0.05, 0.1) is 11.9 Å². The molecule has 2 amide bonds. The number of benzene rings is 1.